The molecule has 0 radical (unpaired) electrons. The summed E-state index contributed by atoms with van der Waals surface area (Å²) in [7, 11) is 4.32. The quantitative estimate of drug-likeness (QED) is 0.284. The van der Waals surface area contributed by atoms with Crippen LogP contribution in [-0.2, 0) is 0 Å². The number of carbonyl (C=O) groups is 3. The van der Waals surface area contributed by atoms with Gasteiger partial charge in [0.15, 0.2) is 16.6 Å². The number of thiocarbonyl (C=S) groups is 1. The Bertz CT molecular complexity index is 1240. The van der Waals surface area contributed by atoms with Crippen molar-refractivity contribution in [2.45, 2.75) is 0 Å². The van der Waals surface area contributed by atoms with Crippen molar-refractivity contribution in [1.29, 1.82) is 0 Å². The van der Waals surface area contributed by atoms with Crippen LogP contribution in [0, 0.1) is 0 Å². The van der Waals surface area contributed by atoms with E-state index in [2.05, 4.69) is 21.5 Å². The van der Waals surface area contributed by atoms with Crippen LogP contribution in [-0.4, -0.2) is 44.2 Å². The van der Waals surface area contributed by atoms with Crippen molar-refractivity contribution < 1.29 is 28.6 Å². The van der Waals surface area contributed by atoms with Crippen LogP contribution in [0.5, 0.6) is 17.2 Å². The second-order valence-electron chi connectivity index (χ2n) is 7.17. The Kier molecular flexibility index (Phi) is 8.79. The zero-order valence-electron chi connectivity index (χ0n) is 19.7. The summed E-state index contributed by atoms with van der Waals surface area (Å²) in [5.41, 5.74) is 6.43. The van der Waals surface area contributed by atoms with Crippen molar-refractivity contribution in [3.05, 3.63) is 83.4 Å². The molecule has 3 aromatic rings. The van der Waals surface area contributed by atoms with Gasteiger partial charge in [-0.2, -0.15) is 0 Å². The van der Waals surface area contributed by atoms with E-state index in [1.54, 1.807) is 36.4 Å². The Morgan fingerprint density at radius 3 is 1.81 bits per heavy atom. The van der Waals surface area contributed by atoms with Gasteiger partial charge in [0.2, 0.25) is 5.75 Å². The first-order valence-corrected chi connectivity index (χ1v) is 10.9. The first kappa shape index (κ1) is 26.0. The average Bonchev–Trinajstić information content (AvgIpc) is 2.91. The number of anilines is 1. The van der Waals surface area contributed by atoms with Crippen molar-refractivity contribution in [3.63, 3.8) is 0 Å². The molecule has 11 heteroatoms. The van der Waals surface area contributed by atoms with E-state index >= 15 is 0 Å². The highest BCUT2D eigenvalue weighted by Crippen LogP contribution is 2.38. The standard InChI is InChI=1S/C25H24N4O6S/c1-33-19-13-17(14-20(34-2)21(19)35-3)23(31)27-25(36)29-28-24(32)16-9-11-18(12-10-16)26-22(30)15-7-5-4-6-8-15/h4-14H,1-3H3,(H,26,30)(H,28,32)(H2,27,29,31,36). The van der Waals surface area contributed by atoms with Crippen molar-refractivity contribution in [2.24, 2.45) is 0 Å². The van der Waals surface area contributed by atoms with Crippen molar-refractivity contribution in [3.8, 4) is 17.2 Å². The lowest BCUT2D eigenvalue weighted by Crippen LogP contribution is -2.48. The van der Waals surface area contributed by atoms with E-state index in [9.17, 15) is 14.4 Å². The molecular weight excluding hydrogens is 484 g/mol. The summed E-state index contributed by atoms with van der Waals surface area (Å²) >= 11 is 5.09. The number of nitrogens with one attached hydrogen (secondary N) is 4. The van der Waals surface area contributed by atoms with Crippen LogP contribution in [0.4, 0.5) is 5.69 Å². The maximum atomic E-state index is 12.6. The molecule has 0 saturated heterocycles. The minimum absolute atomic E-state index is 0.131. The molecule has 186 valence electrons. The van der Waals surface area contributed by atoms with Crippen molar-refractivity contribution in [1.82, 2.24) is 16.2 Å². The highest BCUT2D eigenvalue weighted by Gasteiger charge is 2.18. The van der Waals surface area contributed by atoms with Gasteiger partial charge in [-0.05, 0) is 60.7 Å². The van der Waals surface area contributed by atoms with Gasteiger partial charge in [0.1, 0.15) is 0 Å². The van der Waals surface area contributed by atoms with Gasteiger partial charge in [0, 0.05) is 22.4 Å². The molecule has 0 saturated carbocycles. The Morgan fingerprint density at radius 1 is 0.667 bits per heavy atom. The molecule has 0 atom stereocenters. The molecule has 0 aromatic heterocycles. The molecular formula is C25H24N4O6S. The van der Waals surface area contributed by atoms with E-state index in [1.807, 2.05) is 6.07 Å². The number of carbonyl (C=O) groups excluding carboxylic acids is 3. The molecule has 3 aromatic carbocycles. The van der Waals surface area contributed by atoms with Gasteiger partial charge >= 0.3 is 0 Å². The molecule has 4 N–H and O–H groups in total. The van der Waals surface area contributed by atoms with Gasteiger partial charge < -0.3 is 19.5 Å². The molecule has 0 heterocycles. The summed E-state index contributed by atoms with van der Waals surface area (Å²) in [5.74, 6) is -0.368. The third kappa shape index (κ3) is 6.48. The molecule has 0 fully saturated rings. The molecule has 0 aliphatic heterocycles. The summed E-state index contributed by atoms with van der Waals surface area (Å²) in [4.78, 5) is 37.2. The average molecular weight is 509 g/mol. The molecule has 10 nitrogen and oxygen atoms in total. The fourth-order valence-corrected chi connectivity index (χ4v) is 3.25. The second-order valence-corrected chi connectivity index (χ2v) is 7.58. The van der Waals surface area contributed by atoms with Crippen molar-refractivity contribution in [2.75, 3.05) is 26.6 Å². The highest BCUT2D eigenvalue weighted by atomic mass is 32.1. The van der Waals surface area contributed by atoms with Gasteiger partial charge in [-0.1, -0.05) is 18.2 Å². The number of amides is 3. The zero-order chi connectivity index (χ0) is 26.1. The topological polar surface area (TPSA) is 127 Å². The predicted molar refractivity (Wildman–Crippen MR) is 138 cm³/mol. The second kappa shape index (κ2) is 12.2. The largest absolute Gasteiger partial charge is 0.493 e. The number of methoxy groups -OCH3 is 3. The smallest absolute Gasteiger partial charge is 0.269 e. The monoisotopic (exact) mass is 508 g/mol. The van der Waals surface area contributed by atoms with E-state index in [0.29, 0.717) is 34.1 Å². The maximum absolute atomic E-state index is 12.6. The Balaban J connectivity index is 1.54. The molecule has 3 rings (SSSR count). The molecule has 0 aliphatic carbocycles. The molecule has 36 heavy (non-hydrogen) atoms. The Labute approximate surface area is 212 Å². The number of benzene rings is 3. The van der Waals surface area contributed by atoms with Gasteiger partial charge in [0.25, 0.3) is 17.7 Å². The zero-order valence-corrected chi connectivity index (χ0v) is 20.5. The van der Waals surface area contributed by atoms with E-state index in [-0.39, 0.29) is 16.6 Å². The first-order chi connectivity index (χ1) is 17.4. The molecule has 3 amide bonds. The third-order valence-electron chi connectivity index (χ3n) is 4.88. The van der Waals surface area contributed by atoms with Gasteiger partial charge in [-0.25, -0.2) is 0 Å². The summed E-state index contributed by atoms with van der Waals surface area (Å²) in [6.45, 7) is 0. The van der Waals surface area contributed by atoms with Crippen molar-refractivity contribution >= 4 is 40.7 Å². The van der Waals surface area contributed by atoms with Crippen LogP contribution in [0.2, 0.25) is 0 Å². The van der Waals surface area contributed by atoms with Gasteiger partial charge in [0.05, 0.1) is 21.3 Å². The van der Waals surface area contributed by atoms with Gasteiger partial charge in [-0.3, -0.25) is 30.6 Å². The summed E-state index contributed by atoms with van der Waals surface area (Å²) in [6, 6.07) is 18.0. The fraction of sp³-hybridized carbons (Fsp3) is 0.120. The van der Waals surface area contributed by atoms with E-state index in [1.165, 1.54) is 45.6 Å². The van der Waals surface area contributed by atoms with Crippen LogP contribution in [0.25, 0.3) is 0 Å². The van der Waals surface area contributed by atoms with Gasteiger partial charge in [-0.15, -0.1) is 0 Å². The van der Waals surface area contributed by atoms with Crippen LogP contribution >= 0.6 is 12.2 Å². The summed E-state index contributed by atoms with van der Waals surface area (Å²) in [6.07, 6.45) is 0. The lowest BCUT2D eigenvalue weighted by molar-refractivity contribution is 0.0934. The number of rotatable bonds is 7. The van der Waals surface area contributed by atoms with E-state index < -0.39 is 11.8 Å². The number of ether oxygens (including phenoxy) is 3. The number of hydrogen-bond donors (Lipinski definition) is 4. The van der Waals surface area contributed by atoms with Crippen LogP contribution < -0.4 is 35.7 Å². The van der Waals surface area contributed by atoms with E-state index in [4.69, 9.17) is 26.4 Å². The molecule has 0 spiro atoms. The summed E-state index contributed by atoms with van der Waals surface area (Å²) < 4.78 is 15.7. The SMILES string of the molecule is COc1cc(C(=O)NC(=S)NNC(=O)c2ccc(NC(=O)c3ccccc3)cc2)cc(OC)c1OC. The minimum atomic E-state index is -0.556. The number of hydrogen-bond acceptors (Lipinski definition) is 7. The normalized spacial score (nSPS) is 9.97. The number of hydrazine groups is 1. The predicted octanol–water partition coefficient (Wildman–Crippen LogP) is 2.91. The Hall–Kier alpha value is -4.64. The first-order valence-electron chi connectivity index (χ1n) is 10.5. The fourth-order valence-electron chi connectivity index (χ4n) is 3.10. The minimum Gasteiger partial charge on any atom is -0.493 e. The van der Waals surface area contributed by atoms with Crippen LogP contribution in [0.1, 0.15) is 31.1 Å². The lowest BCUT2D eigenvalue weighted by Gasteiger charge is -2.15. The van der Waals surface area contributed by atoms with Crippen LogP contribution in [0.3, 0.4) is 0 Å². The third-order valence-corrected chi connectivity index (χ3v) is 5.09. The maximum Gasteiger partial charge on any atom is 0.269 e. The summed E-state index contributed by atoms with van der Waals surface area (Å²) in [5, 5.41) is 5.08. The van der Waals surface area contributed by atoms with E-state index in [0.717, 1.165) is 0 Å². The molecule has 0 bridgehead atoms. The molecule has 0 unspecified atom stereocenters. The molecule has 0 aliphatic rings. The lowest BCUT2D eigenvalue weighted by atomic mass is 10.1. The Morgan fingerprint density at radius 2 is 1.25 bits per heavy atom. The van der Waals surface area contributed by atoms with Crippen LogP contribution in [0.15, 0.2) is 66.7 Å². The highest BCUT2D eigenvalue weighted by molar-refractivity contribution is 7.80.